The van der Waals surface area contributed by atoms with Crippen LogP contribution in [0.1, 0.15) is 84.3 Å². The summed E-state index contributed by atoms with van der Waals surface area (Å²) in [7, 11) is 0. The molecule has 280 valence electrons. The van der Waals surface area contributed by atoms with Crippen LogP contribution in [-0.2, 0) is 10.8 Å². The zero-order valence-corrected chi connectivity index (χ0v) is 33.4. The topological polar surface area (TPSA) is 36.8 Å². The Morgan fingerprint density at radius 3 is 1.86 bits per heavy atom. The van der Waals surface area contributed by atoms with Crippen LogP contribution < -0.4 is 5.32 Å². The predicted octanol–water partition coefficient (Wildman–Crippen LogP) is 13.0. The lowest BCUT2D eigenvalue weighted by Crippen LogP contribution is -2.41. The Morgan fingerprint density at radius 2 is 1.10 bits per heavy atom. The average molecular weight is 748 g/mol. The highest BCUT2D eigenvalue weighted by Gasteiger charge is 2.42. The molecule has 0 fully saturated rings. The number of amidine groups is 2. The van der Waals surface area contributed by atoms with Crippen molar-refractivity contribution in [3.63, 3.8) is 0 Å². The van der Waals surface area contributed by atoms with Gasteiger partial charge in [-0.1, -0.05) is 198 Å². The van der Waals surface area contributed by atoms with E-state index in [1.807, 2.05) is 0 Å². The third-order valence-corrected chi connectivity index (χ3v) is 13.3. The number of allylic oxidation sites excluding steroid dienone is 3. The molecule has 1 N–H and O–H groups in total. The molecule has 7 aromatic carbocycles. The molecule has 0 saturated heterocycles. The number of fused-ring (bicyclic) bond motifs is 7. The van der Waals surface area contributed by atoms with Crippen LogP contribution in [0, 0.1) is 5.92 Å². The van der Waals surface area contributed by atoms with Crippen molar-refractivity contribution >= 4 is 28.0 Å². The molecule has 1 aliphatic heterocycles. The first-order chi connectivity index (χ1) is 28.3. The largest absolute Gasteiger partial charge is 0.328 e. The summed E-state index contributed by atoms with van der Waals surface area (Å²) in [5.41, 5.74) is 16.6. The van der Waals surface area contributed by atoms with E-state index in [-0.39, 0.29) is 22.7 Å². The first kappa shape index (κ1) is 34.7. The van der Waals surface area contributed by atoms with E-state index in [0.29, 0.717) is 0 Å². The van der Waals surface area contributed by atoms with Gasteiger partial charge in [-0.25, -0.2) is 9.98 Å². The fourth-order valence-corrected chi connectivity index (χ4v) is 10.6. The number of nitrogens with zero attached hydrogens (tertiary/aromatic N) is 2. The van der Waals surface area contributed by atoms with Crippen molar-refractivity contribution in [3.8, 4) is 22.3 Å². The molecule has 0 bridgehead atoms. The second-order valence-corrected chi connectivity index (χ2v) is 17.3. The van der Waals surface area contributed by atoms with Crippen molar-refractivity contribution in [1.82, 2.24) is 5.32 Å². The molecule has 7 aromatic rings. The molecule has 0 amide bonds. The molecule has 4 aliphatic rings. The fourth-order valence-electron chi connectivity index (χ4n) is 10.6. The van der Waals surface area contributed by atoms with Crippen LogP contribution in [0.15, 0.2) is 186 Å². The number of hydrogen-bond acceptors (Lipinski definition) is 3. The van der Waals surface area contributed by atoms with Crippen LogP contribution in [0.2, 0.25) is 0 Å². The molecule has 58 heavy (non-hydrogen) atoms. The van der Waals surface area contributed by atoms with E-state index in [4.69, 9.17) is 9.98 Å². The standard InChI is InChI=1S/C55H45N3/c1-54(2)47-26-12-10-20-40(47)42-23-14-22-39(49(42)54)37-30-31-45(46(33-37)44-25-15-24-43-41-21-11-13-27-48(41)55(3,4)50(43)44)53-57-51(35-17-6-5-7-18-35)56-52(58-53)38-29-28-34-16-8-9-19-36(34)32-38/h5-33,45-46,52H,1-4H3,(H,56,57,58). The van der Waals surface area contributed by atoms with Crippen molar-refractivity contribution in [2.24, 2.45) is 15.9 Å². The van der Waals surface area contributed by atoms with Crippen molar-refractivity contribution in [1.29, 1.82) is 0 Å². The molecule has 0 radical (unpaired) electrons. The maximum absolute atomic E-state index is 5.55. The minimum Gasteiger partial charge on any atom is -0.328 e. The highest BCUT2D eigenvalue weighted by Crippen LogP contribution is 2.55. The molecule has 3 atom stereocenters. The minimum absolute atomic E-state index is 0.00934. The van der Waals surface area contributed by atoms with Gasteiger partial charge in [0.15, 0.2) is 6.17 Å². The highest BCUT2D eigenvalue weighted by molar-refractivity contribution is 6.12. The third kappa shape index (κ3) is 5.26. The maximum Gasteiger partial charge on any atom is 0.169 e. The molecule has 3 heteroatoms. The molecule has 11 rings (SSSR count). The van der Waals surface area contributed by atoms with Crippen LogP contribution >= 0.6 is 0 Å². The van der Waals surface area contributed by atoms with Gasteiger partial charge in [-0.2, -0.15) is 0 Å². The number of nitrogens with one attached hydrogen (secondary N) is 1. The fraction of sp³-hybridized carbons (Fsp3) is 0.164. The quantitative estimate of drug-likeness (QED) is 0.187. The number of hydrogen-bond donors (Lipinski definition) is 1. The second-order valence-electron chi connectivity index (χ2n) is 17.3. The minimum atomic E-state index is -0.394. The molecule has 3 unspecified atom stereocenters. The second kappa shape index (κ2) is 13.0. The Bertz CT molecular complexity index is 2940. The predicted molar refractivity (Wildman–Crippen MR) is 242 cm³/mol. The molecule has 0 spiro atoms. The third-order valence-electron chi connectivity index (χ3n) is 13.3. The Kier molecular flexibility index (Phi) is 7.75. The van der Waals surface area contributed by atoms with Crippen LogP contribution in [0.3, 0.4) is 0 Å². The van der Waals surface area contributed by atoms with E-state index in [1.54, 1.807) is 0 Å². The first-order valence-electron chi connectivity index (χ1n) is 20.6. The summed E-state index contributed by atoms with van der Waals surface area (Å²) in [5, 5.41) is 6.23. The molecule has 0 saturated carbocycles. The van der Waals surface area contributed by atoms with E-state index < -0.39 is 6.17 Å². The van der Waals surface area contributed by atoms with E-state index in [0.717, 1.165) is 22.8 Å². The van der Waals surface area contributed by atoms with E-state index in [1.165, 1.54) is 72.0 Å². The van der Waals surface area contributed by atoms with Gasteiger partial charge in [0.25, 0.3) is 0 Å². The van der Waals surface area contributed by atoms with Crippen molar-refractivity contribution in [2.75, 3.05) is 0 Å². The molecule has 0 aromatic heterocycles. The number of aliphatic imine (C=N–C) groups is 2. The summed E-state index contributed by atoms with van der Waals surface area (Å²) in [5.74, 6) is 1.69. The van der Waals surface area contributed by atoms with Gasteiger partial charge in [-0.3, -0.25) is 0 Å². The number of benzene rings is 7. The Hall–Kier alpha value is -6.58. The SMILES string of the molecule is CC1(C)c2ccccc2-c2cccc(C3=CC(c4cccc5c4C(C)(C)c4ccccc4-5)C(C4=NC(c5ccc6ccccc6c5)N=C(c5ccccc5)N4)C=C3)c21. The highest BCUT2D eigenvalue weighted by atomic mass is 15.2. The van der Waals surface area contributed by atoms with E-state index >= 15 is 0 Å². The molecule has 3 nitrogen and oxygen atoms in total. The summed E-state index contributed by atoms with van der Waals surface area (Å²) < 4.78 is 0. The van der Waals surface area contributed by atoms with Crippen LogP contribution in [0.4, 0.5) is 0 Å². The van der Waals surface area contributed by atoms with Gasteiger partial charge >= 0.3 is 0 Å². The van der Waals surface area contributed by atoms with Gasteiger partial charge in [-0.05, 0) is 83.6 Å². The summed E-state index contributed by atoms with van der Waals surface area (Å²) in [6, 6.07) is 57.4. The first-order valence-corrected chi connectivity index (χ1v) is 20.6. The Balaban J connectivity index is 1.10. The zero-order valence-electron chi connectivity index (χ0n) is 33.4. The van der Waals surface area contributed by atoms with Gasteiger partial charge in [0.05, 0.1) is 0 Å². The van der Waals surface area contributed by atoms with Gasteiger partial charge in [0.2, 0.25) is 0 Å². The lowest BCUT2D eigenvalue weighted by atomic mass is 9.71. The van der Waals surface area contributed by atoms with Crippen LogP contribution in [0.25, 0.3) is 38.6 Å². The Labute approximate surface area is 341 Å². The summed E-state index contributed by atoms with van der Waals surface area (Å²) >= 11 is 0. The smallest absolute Gasteiger partial charge is 0.169 e. The summed E-state index contributed by atoms with van der Waals surface area (Å²) in [6.07, 6.45) is 6.94. The van der Waals surface area contributed by atoms with Crippen LogP contribution in [0.5, 0.6) is 0 Å². The summed E-state index contributed by atoms with van der Waals surface area (Å²) in [4.78, 5) is 10.8. The average Bonchev–Trinajstić information content (AvgIpc) is 3.66. The van der Waals surface area contributed by atoms with Gasteiger partial charge in [0, 0.05) is 28.2 Å². The van der Waals surface area contributed by atoms with Crippen molar-refractivity contribution < 1.29 is 0 Å². The van der Waals surface area contributed by atoms with Gasteiger partial charge < -0.3 is 5.32 Å². The number of rotatable bonds is 5. The van der Waals surface area contributed by atoms with Crippen molar-refractivity contribution in [2.45, 2.75) is 50.6 Å². The van der Waals surface area contributed by atoms with Crippen LogP contribution in [-0.4, -0.2) is 11.7 Å². The molecular formula is C55H45N3. The lowest BCUT2D eigenvalue weighted by molar-refractivity contribution is 0.624. The molecule has 3 aliphatic carbocycles. The molecular weight excluding hydrogens is 703 g/mol. The zero-order chi connectivity index (χ0) is 39.2. The Morgan fingerprint density at radius 1 is 0.500 bits per heavy atom. The maximum atomic E-state index is 5.55. The normalized spacial score (nSPS) is 20.6. The van der Waals surface area contributed by atoms with Gasteiger partial charge in [0.1, 0.15) is 11.7 Å². The summed E-state index contributed by atoms with van der Waals surface area (Å²) in [6.45, 7) is 9.57. The monoisotopic (exact) mass is 747 g/mol. The van der Waals surface area contributed by atoms with E-state index in [2.05, 4.69) is 209 Å². The van der Waals surface area contributed by atoms with Gasteiger partial charge in [-0.15, -0.1) is 0 Å². The lowest BCUT2D eigenvalue weighted by Gasteiger charge is -2.35. The van der Waals surface area contributed by atoms with E-state index in [9.17, 15) is 0 Å². The molecule has 1 heterocycles. The van der Waals surface area contributed by atoms with Crippen molar-refractivity contribution in [3.05, 3.63) is 220 Å².